The molecule has 88 valence electrons. The van der Waals surface area contributed by atoms with Crippen molar-refractivity contribution in [2.75, 3.05) is 0 Å². The van der Waals surface area contributed by atoms with E-state index in [1.54, 1.807) is 6.07 Å². The summed E-state index contributed by atoms with van der Waals surface area (Å²) in [6.45, 7) is 0. The van der Waals surface area contributed by atoms with Gasteiger partial charge in [0.1, 0.15) is 5.82 Å². The number of hydrogen-bond donors (Lipinski definition) is 0. The summed E-state index contributed by atoms with van der Waals surface area (Å²) in [6.07, 6.45) is 0.638. The number of benzene rings is 2. The molecule has 0 bridgehead atoms. The van der Waals surface area contributed by atoms with Crippen LogP contribution in [-0.2, 0) is 6.42 Å². The maximum atomic E-state index is 13.1. The number of alkyl halides is 1. The molecule has 0 heterocycles. The van der Waals surface area contributed by atoms with Crippen LogP contribution in [0.4, 0.5) is 4.39 Å². The van der Waals surface area contributed by atoms with Crippen LogP contribution in [0.15, 0.2) is 48.5 Å². The molecule has 0 radical (unpaired) electrons. The maximum absolute atomic E-state index is 13.1. The van der Waals surface area contributed by atoms with Gasteiger partial charge in [0.15, 0.2) is 0 Å². The zero-order chi connectivity index (χ0) is 12.3. The highest BCUT2D eigenvalue weighted by Gasteiger charge is 2.11. The summed E-state index contributed by atoms with van der Waals surface area (Å²) in [5.74, 6) is -0.214. The Balaban J connectivity index is 2.17. The largest absolute Gasteiger partial charge is 0.207 e. The summed E-state index contributed by atoms with van der Waals surface area (Å²) in [7, 11) is 0. The lowest BCUT2D eigenvalue weighted by molar-refractivity contribution is 0.625. The van der Waals surface area contributed by atoms with Gasteiger partial charge in [-0.3, -0.25) is 0 Å². The highest BCUT2D eigenvalue weighted by atomic mass is 127. The minimum absolute atomic E-state index is 0.120. The van der Waals surface area contributed by atoms with E-state index in [-0.39, 0.29) is 11.2 Å². The Morgan fingerprint density at radius 3 is 2.59 bits per heavy atom. The van der Waals surface area contributed by atoms with Gasteiger partial charge in [0.2, 0.25) is 0 Å². The van der Waals surface area contributed by atoms with Crippen LogP contribution in [0.1, 0.15) is 16.5 Å². The first-order valence-corrected chi connectivity index (χ1v) is 6.81. The lowest BCUT2D eigenvalue weighted by atomic mass is 10.0. The molecule has 0 aliphatic heterocycles. The second-order valence-electron chi connectivity index (χ2n) is 3.82. The molecule has 0 spiro atoms. The quantitative estimate of drug-likeness (QED) is 0.536. The molecule has 0 fully saturated rings. The molecule has 2 aromatic carbocycles. The van der Waals surface area contributed by atoms with Crippen molar-refractivity contribution in [2.24, 2.45) is 0 Å². The minimum Gasteiger partial charge on any atom is -0.207 e. The molecule has 1 atom stereocenters. The van der Waals surface area contributed by atoms with Gasteiger partial charge in [-0.05, 0) is 58.3 Å². The van der Waals surface area contributed by atoms with Gasteiger partial charge in [0.25, 0.3) is 0 Å². The maximum Gasteiger partial charge on any atom is 0.123 e. The second-order valence-corrected chi connectivity index (χ2v) is 5.51. The van der Waals surface area contributed by atoms with Crippen molar-refractivity contribution in [1.29, 1.82) is 0 Å². The minimum atomic E-state index is -0.214. The highest BCUT2D eigenvalue weighted by molar-refractivity contribution is 14.1. The van der Waals surface area contributed by atoms with Gasteiger partial charge in [-0.15, -0.1) is 11.6 Å². The van der Waals surface area contributed by atoms with Gasteiger partial charge < -0.3 is 0 Å². The average Bonchev–Trinajstić information content (AvgIpc) is 2.29. The number of halogens is 3. The van der Waals surface area contributed by atoms with Crippen molar-refractivity contribution in [1.82, 2.24) is 0 Å². The third kappa shape index (κ3) is 3.42. The van der Waals surface area contributed by atoms with E-state index < -0.39 is 0 Å². The third-order valence-electron chi connectivity index (χ3n) is 2.55. The van der Waals surface area contributed by atoms with E-state index in [9.17, 15) is 4.39 Å². The van der Waals surface area contributed by atoms with E-state index in [1.165, 1.54) is 12.1 Å². The van der Waals surface area contributed by atoms with Crippen LogP contribution in [0.3, 0.4) is 0 Å². The van der Waals surface area contributed by atoms with E-state index in [0.717, 1.165) is 14.7 Å². The molecule has 0 aliphatic carbocycles. The van der Waals surface area contributed by atoms with Crippen LogP contribution in [0.25, 0.3) is 0 Å². The summed E-state index contributed by atoms with van der Waals surface area (Å²) >= 11 is 8.64. The fraction of sp³-hybridized carbons (Fsp3) is 0.143. The average molecular weight is 361 g/mol. The van der Waals surface area contributed by atoms with Crippen LogP contribution in [0, 0.1) is 9.39 Å². The van der Waals surface area contributed by atoms with Crippen LogP contribution in [-0.4, -0.2) is 0 Å². The van der Waals surface area contributed by atoms with Crippen LogP contribution in [0.5, 0.6) is 0 Å². The lowest BCUT2D eigenvalue weighted by Crippen LogP contribution is -1.98. The van der Waals surface area contributed by atoms with Gasteiger partial charge in [0.05, 0.1) is 5.38 Å². The van der Waals surface area contributed by atoms with Crippen molar-refractivity contribution in [2.45, 2.75) is 11.8 Å². The Bertz CT molecular complexity index is 513. The molecule has 0 nitrogen and oxygen atoms in total. The van der Waals surface area contributed by atoms with Gasteiger partial charge in [-0.25, -0.2) is 4.39 Å². The molecule has 0 aromatic heterocycles. The predicted molar refractivity (Wildman–Crippen MR) is 77.9 cm³/mol. The van der Waals surface area contributed by atoms with E-state index >= 15 is 0 Å². The molecule has 0 saturated heterocycles. The topological polar surface area (TPSA) is 0 Å². The van der Waals surface area contributed by atoms with E-state index in [4.69, 9.17) is 11.6 Å². The standard InChI is InChI=1S/C14H11ClFI/c15-13(12-6-1-2-7-14(12)17)9-10-4-3-5-11(16)8-10/h1-8,13H,9H2. The predicted octanol–water partition coefficient (Wildman–Crippen LogP) is 4.95. The molecule has 0 N–H and O–H groups in total. The zero-order valence-corrected chi connectivity index (χ0v) is 12.0. The van der Waals surface area contributed by atoms with Gasteiger partial charge >= 0.3 is 0 Å². The highest BCUT2D eigenvalue weighted by Crippen LogP contribution is 2.28. The molecule has 3 heteroatoms. The Kier molecular flexibility index (Phi) is 4.40. The Labute approximate surface area is 119 Å². The Morgan fingerprint density at radius 1 is 1.12 bits per heavy atom. The molecule has 2 rings (SSSR count). The molecule has 0 amide bonds. The Hall–Kier alpha value is -0.610. The van der Waals surface area contributed by atoms with Gasteiger partial charge in [-0.1, -0.05) is 30.3 Å². The summed E-state index contributed by atoms with van der Waals surface area (Å²) in [5, 5.41) is -0.120. The first kappa shape index (κ1) is 12.8. The molecule has 2 aromatic rings. The van der Waals surface area contributed by atoms with Crippen molar-refractivity contribution < 1.29 is 4.39 Å². The van der Waals surface area contributed by atoms with Crippen molar-refractivity contribution in [3.8, 4) is 0 Å². The number of rotatable bonds is 3. The second kappa shape index (κ2) is 5.83. The molecule has 17 heavy (non-hydrogen) atoms. The first-order chi connectivity index (χ1) is 8.16. The van der Waals surface area contributed by atoms with E-state index in [0.29, 0.717) is 6.42 Å². The monoisotopic (exact) mass is 360 g/mol. The summed E-state index contributed by atoms with van der Waals surface area (Å²) in [5.41, 5.74) is 2.02. The molecule has 0 saturated carbocycles. The van der Waals surface area contributed by atoms with Crippen LogP contribution in [0.2, 0.25) is 0 Å². The van der Waals surface area contributed by atoms with Crippen LogP contribution >= 0.6 is 34.2 Å². The summed E-state index contributed by atoms with van der Waals surface area (Å²) in [6, 6.07) is 14.6. The third-order valence-corrected chi connectivity index (χ3v) is 3.92. The first-order valence-electron chi connectivity index (χ1n) is 5.30. The van der Waals surface area contributed by atoms with Gasteiger partial charge in [0, 0.05) is 3.57 Å². The fourth-order valence-electron chi connectivity index (χ4n) is 1.71. The van der Waals surface area contributed by atoms with Crippen LogP contribution < -0.4 is 0 Å². The number of hydrogen-bond acceptors (Lipinski definition) is 0. The van der Waals surface area contributed by atoms with Crippen molar-refractivity contribution in [3.63, 3.8) is 0 Å². The normalized spacial score (nSPS) is 12.4. The molecular formula is C14H11ClFI. The molecular weight excluding hydrogens is 350 g/mol. The van der Waals surface area contributed by atoms with Crippen molar-refractivity contribution in [3.05, 3.63) is 69.0 Å². The summed E-state index contributed by atoms with van der Waals surface area (Å²) in [4.78, 5) is 0. The van der Waals surface area contributed by atoms with E-state index in [1.807, 2.05) is 30.3 Å². The smallest absolute Gasteiger partial charge is 0.123 e. The summed E-state index contributed by atoms with van der Waals surface area (Å²) < 4.78 is 14.2. The fourth-order valence-corrected chi connectivity index (χ4v) is 3.03. The SMILES string of the molecule is Fc1cccc(CC(Cl)c2ccccc2I)c1. The van der Waals surface area contributed by atoms with Gasteiger partial charge in [-0.2, -0.15) is 0 Å². The Morgan fingerprint density at radius 2 is 1.88 bits per heavy atom. The van der Waals surface area contributed by atoms with E-state index in [2.05, 4.69) is 22.6 Å². The molecule has 0 aliphatic rings. The van der Waals surface area contributed by atoms with Crippen molar-refractivity contribution >= 4 is 34.2 Å². The molecule has 1 unspecified atom stereocenters. The lowest BCUT2D eigenvalue weighted by Gasteiger charge is -2.11. The zero-order valence-electron chi connectivity index (χ0n) is 9.04.